The van der Waals surface area contributed by atoms with Gasteiger partial charge >= 0.3 is 0 Å². The zero-order valence-electron chi connectivity index (χ0n) is 15.4. The van der Waals surface area contributed by atoms with Crippen LogP contribution in [0.4, 0.5) is 0 Å². The van der Waals surface area contributed by atoms with Gasteiger partial charge in [0.15, 0.2) is 9.84 Å². The van der Waals surface area contributed by atoms with E-state index in [4.69, 9.17) is 11.6 Å². The quantitative estimate of drug-likeness (QED) is 0.781. The fourth-order valence-corrected chi connectivity index (χ4v) is 5.94. The van der Waals surface area contributed by atoms with Gasteiger partial charge < -0.3 is 4.90 Å². The third kappa shape index (κ3) is 4.41. The third-order valence-electron chi connectivity index (χ3n) is 5.51. The van der Waals surface area contributed by atoms with Crippen molar-refractivity contribution in [1.29, 1.82) is 0 Å². The van der Waals surface area contributed by atoms with Crippen molar-refractivity contribution in [1.82, 2.24) is 9.80 Å². The maximum Gasteiger partial charge on any atom is 0.230 e. The van der Waals surface area contributed by atoms with Crippen LogP contribution in [-0.2, 0) is 14.6 Å². The number of nitrogens with zero attached hydrogens (tertiary/aromatic N) is 2. The van der Waals surface area contributed by atoms with Gasteiger partial charge in [-0.05, 0) is 30.0 Å². The molecule has 0 bridgehead atoms. The largest absolute Gasteiger partial charge is 0.340 e. The molecule has 2 aliphatic rings. The number of benzene rings is 1. The molecular formula is C19H27ClN2O3S. The Balaban J connectivity index is 1.64. The number of carbonyl (C=O) groups is 1. The van der Waals surface area contributed by atoms with E-state index < -0.39 is 9.84 Å². The fraction of sp³-hybridized carbons (Fsp3) is 0.632. The summed E-state index contributed by atoms with van der Waals surface area (Å²) in [7, 11) is -2.87. The van der Waals surface area contributed by atoms with Gasteiger partial charge in [0, 0.05) is 37.2 Å². The zero-order valence-corrected chi connectivity index (χ0v) is 17.0. The Bertz CT molecular complexity index is 741. The molecule has 0 unspecified atom stereocenters. The summed E-state index contributed by atoms with van der Waals surface area (Å²) in [4.78, 5) is 17.3. The van der Waals surface area contributed by atoms with E-state index in [1.165, 1.54) is 0 Å². The molecule has 0 spiro atoms. The van der Waals surface area contributed by atoms with E-state index in [-0.39, 0.29) is 29.5 Å². The minimum Gasteiger partial charge on any atom is -0.340 e. The second-order valence-corrected chi connectivity index (χ2v) is 10.4. The van der Waals surface area contributed by atoms with Gasteiger partial charge in [0.05, 0.1) is 17.4 Å². The second kappa shape index (κ2) is 7.87. The van der Waals surface area contributed by atoms with E-state index in [0.717, 1.165) is 25.1 Å². The molecule has 2 heterocycles. The molecule has 0 aliphatic carbocycles. The second-order valence-electron chi connectivity index (χ2n) is 7.69. The van der Waals surface area contributed by atoms with Crippen LogP contribution >= 0.6 is 11.6 Å². The van der Waals surface area contributed by atoms with E-state index in [1.807, 2.05) is 29.2 Å². The highest BCUT2D eigenvalue weighted by atomic mass is 35.5. The van der Waals surface area contributed by atoms with Gasteiger partial charge in [-0.25, -0.2) is 8.42 Å². The SMILES string of the molecule is CC(C)[C@@H](C(=O)N1CCN([C@@H]2CCS(=O)(=O)C2)CC1)c1ccc(Cl)cc1. The van der Waals surface area contributed by atoms with Crippen molar-refractivity contribution in [3.63, 3.8) is 0 Å². The lowest BCUT2D eigenvalue weighted by Gasteiger charge is -2.39. The van der Waals surface area contributed by atoms with Crippen LogP contribution in [0.2, 0.25) is 5.02 Å². The standard InChI is InChI=1S/C19H27ClN2O3S/c1-14(2)18(15-3-5-16(20)6-4-15)19(23)22-10-8-21(9-11-22)17-7-12-26(24,25)13-17/h3-6,14,17-18H,7-13H2,1-2H3/t17-,18-/m1/s1. The summed E-state index contributed by atoms with van der Waals surface area (Å²) in [5.74, 6) is 0.733. The molecule has 5 nitrogen and oxygen atoms in total. The van der Waals surface area contributed by atoms with Crippen LogP contribution in [0.3, 0.4) is 0 Å². The Morgan fingerprint density at radius 2 is 1.73 bits per heavy atom. The number of hydrogen-bond acceptors (Lipinski definition) is 4. The van der Waals surface area contributed by atoms with Gasteiger partial charge in [-0.1, -0.05) is 37.6 Å². The molecule has 1 amide bonds. The molecule has 144 valence electrons. The van der Waals surface area contributed by atoms with Crippen LogP contribution in [0.1, 0.15) is 31.7 Å². The number of sulfone groups is 1. The average Bonchev–Trinajstić information content (AvgIpc) is 2.96. The van der Waals surface area contributed by atoms with Crippen molar-refractivity contribution < 1.29 is 13.2 Å². The van der Waals surface area contributed by atoms with Crippen LogP contribution in [0.25, 0.3) is 0 Å². The molecule has 26 heavy (non-hydrogen) atoms. The summed E-state index contributed by atoms with van der Waals surface area (Å²) in [5.41, 5.74) is 0.999. The summed E-state index contributed by atoms with van der Waals surface area (Å²) in [6.45, 7) is 6.95. The minimum atomic E-state index is -2.87. The first-order valence-corrected chi connectivity index (χ1v) is 11.5. The fourth-order valence-electron chi connectivity index (χ4n) is 4.05. The van der Waals surface area contributed by atoms with Crippen LogP contribution in [0.15, 0.2) is 24.3 Å². The Morgan fingerprint density at radius 3 is 2.23 bits per heavy atom. The molecular weight excluding hydrogens is 372 g/mol. The van der Waals surface area contributed by atoms with Gasteiger partial charge in [-0.3, -0.25) is 9.69 Å². The molecule has 0 N–H and O–H groups in total. The molecule has 2 saturated heterocycles. The van der Waals surface area contributed by atoms with Crippen LogP contribution in [-0.4, -0.2) is 67.9 Å². The number of piperazine rings is 1. The Morgan fingerprint density at radius 1 is 1.12 bits per heavy atom. The summed E-state index contributed by atoms with van der Waals surface area (Å²) >= 11 is 5.98. The number of amides is 1. The molecule has 2 atom stereocenters. The molecule has 3 rings (SSSR count). The molecule has 1 aromatic carbocycles. The number of rotatable bonds is 4. The highest BCUT2D eigenvalue weighted by Crippen LogP contribution is 2.29. The smallest absolute Gasteiger partial charge is 0.230 e. The van der Waals surface area contributed by atoms with Crippen molar-refractivity contribution in [3.05, 3.63) is 34.9 Å². The van der Waals surface area contributed by atoms with Crippen LogP contribution in [0, 0.1) is 5.92 Å². The number of halogens is 1. The predicted molar refractivity (Wildman–Crippen MR) is 104 cm³/mol. The summed E-state index contributed by atoms with van der Waals surface area (Å²) in [6, 6.07) is 7.65. The first-order chi connectivity index (χ1) is 12.3. The molecule has 0 aromatic heterocycles. The van der Waals surface area contributed by atoms with Crippen molar-refractivity contribution in [2.45, 2.75) is 32.2 Å². The molecule has 0 radical (unpaired) electrons. The average molecular weight is 399 g/mol. The van der Waals surface area contributed by atoms with Crippen molar-refractivity contribution in [2.75, 3.05) is 37.7 Å². The molecule has 1 aromatic rings. The van der Waals surface area contributed by atoms with Gasteiger partial charge in [0.2, 0.25) is 5.91 Å². The van der Waals surface area contributed by atoms with Gasteiger partial charge in [0.25, 0.3) is 0 Å². The van der Waals surface area contributed by atoms with E-state index >= 15 is 0 Å². The lowest BCUT2D eigenvalue weighted by atomic mass is 9.87. The lowest BCUT2D eigenvalue weighted by molar-refractivity contribution is -0.135. The minimum absolute atomic E-state index is 0.120. The summed E-state index contributed by atoms with van der Waals surface area (Å²) in [5, 5.41) is 0.670. The predicted octanol–water partition coefficient (Wildman–Crippen LogP) is 2.41. The van der Waals surface area contributed by atoms with Gasteiger partial charge in [0.1, 0.15) is 0 Å². The normalized spacial score (nSPS) is 24.8. The zero-order chi connectivity index (χ0) is 18.9. The maximum atomic E-state index is 13.1. The topological polar surface area (TPSA) is 57.7 Å². The molecule has 2 aliphatic heterocycles. The van der Waals surface area contributed by atoms with Crippen LogP contribution < -0.4 is 0 Å². The van der Waals surface area contributed by atoms with Crippen molar-refractivity contribution in [3.8, 4) is 0 Å². The van der Waals surface area contributed by atoms with Gasteiger partial charge in [-0.2, -0.15) is 0 Å². The van der Waals surface area contributed by atoms with E-state index in [9.17, 15) is 13.2 Å². The Hall–Kier alpha value is -1.11. The van der Waals surface area contributed by atoms with E-state index in [2.05, 4.69) is 18.7 Å². The first kappa shape index (κ1) is 19.6. The lowest BCUT2D eigenvalue weighted by Crippen LogP contribution is -2.53. The Labute approximate surface area is 161 Å². The molecule has 2 fully saturated rings. The van der Waals surface area contributed by atoms with Crippen LogP contribution in [0.5, 0.6) is 0 Å². The molecule has 0 saturated carbocycles. The highest BCUT2D eigenvalue weighted by molar-refractivity contribution is 7.91. The summed E-state index contributed by atoms with van der Waals surface area (Å²) < 4.78 is 23.4. The highest BCUT2D eigenvalue weighted by Gasteiger charge is 2.36. The third-order valence-corrected chi connectivity index (χ3v) is 7.51. The van der Waals surface area contributed by atoms with Crippen molar-refractivity contribution in [2.24, 2.45) is 5.92 Å². The Kier molecular flexibility index (Phi) is 5.94. The van der Waals surface area contributed by atoms with E-state index in [0.29, 0.717) is 23.9 Å². The number of hydrogen-bond donors (Lipinski definition) is 0. The first-order valence-electron chi connectivity index (χ1n) is 9.25. The molecule has 7 heteroatoms. The van der Waals surface area contributed by atoms with Gasteiger partial charge in [-0.15, -0.1) is 0 Å². The van der Waals surface area contributed by atoms with E-state index in [1.54, 1.807) is 0 Å². The van der Waals surface area contributed by atoms with Crippen molar-refractivity contribution >= 4 is 27.3 Å². The summed E-state index contributed by atoms with van der Waals surface area (Å²) in [6.07, 6.45) is 0.718. The maximum absolute atomic E-state index is 13.1. The number of carbonyl (C=O) groups excluding carboxylic acids is 1. The monoisotopic (exact) mass is 398 g/mol.